The van der Waals surface area contributed by atoms with Crippen LogP contribution in [0.3, 0.4) is 0 Å². The van der Waals surface area contributed by atoms with E-state index in [2.05, 4.69) is 22.8 Å². The molecule has 0 heterocycles. The van der Waals surface area contributed by atoms with E-state index in [9.17, 15) is 4.79 Å². The molecule has 0 aromatic heterocycles. The van der Waals surface area contributed by atoms with Crippen molar-refractivity contribution in [1.82, 2.24) is 5.32 Å². The topological polar surface area (TPSA) is 45.7 Å². The molecule has 0 unspecified atom stereocenters. The monoisotopic (exact) mass is 301 g/mol. The van der Waals surface area contributed by atoms with Crippen LogP contribution in [-0.2, 0) is 4.79 Å². The number of nitrogens with one attached hydrogen (secondary N) is 1. The molecular weight excluding hydrogens is 272 g/mol. The van der Waals surface area contributed by atoms with Crippen LogP contribution >= 0.6 is 0 Å². The Morgan fingerprint density at radius 2 is 1.59 bits per heavy atom. The molecule has 0 bridgehead atoms. The molecule has 1 atom stereocenters. The van der Waals surface area contributed by atoms with E-state index in [1.807, 2.05) is 18.2 Å². The number of benzene rings is 1. The summed E-state index contributed by atoms with van der Waals surface area (Å²) in [6.45, 7) is 0. The Bertz CT molecular complexity index is 462. The summed E-state index contributed by atoms with van der Waals surface area (Å²) in [5.41, 5.74) is 1.14. The smallest absolute Gasteiger partial charge is 0.283 e. The Labute approximate surface area is 133 Å². The lowest BCUT2D eigenvalue weighted by atomic mass is 9.95. The molecule has 2 fully saturated rings. The fourth-order valence-corrected chi connectivity index (χ4v) is 3.48. The molecule has 1 aromatic rings. The molecule has 2 saturated carbocycles. The van der Waals surface area contributed by atoms with Crippen LogP contribution in [0, 0.1) is 0 Å². The molecule has 2 aliphatic rings. The lowest BCUT2D eigenvalue weighted by Crippen LogP contribution is -2.92. The summed E-state index contributed by atoms with van der Waals surface area (Å²) in [5, 5.41) is 5.55. The first-order valence-corrected chi connectivity index (χ1v) is 9.03. The van der Waals surface area contributed by atoms with Gasteiger partial charge in [0.05, 0.1) is 6.04 Å². The molecule has 0 radical (unpaired) electrons. The van der Waals surface area contributed by atoms with Crippen molar-refractivity contribution in [3.63, 3.8) is 0 Å². The third-order valence-electron chi connectivity index (χ3n) is 4.98. The number of quaternary nitrogens is 1. The lowest BCUT2D eigenvalue weighted by molar-refractivity contribution is -0.717. The summed E-state index contributed by atoms with van der Waals surface area (Å²) in [6, 6.07) is 11.2. The Balaban J connectivity index is 1.67. The second-order valence-electron chi connectivity index (χ2n) is 6.97. The lowest BCUT2D eigenvalue weighted by Gasteiger charge is -2.24. The molecular formula is C19H29N2O+. The van der Waals surface area contributed by atoms with Gasteiger partial charge in [-0.25, -0.2) is 0 Å². The van der Waals surface area contributed by atoms with E-state index in [4.69, 9.17) is 0 Å². The summed E-state index contributed by atoms with van der Waals surface area (Å²) < 4.78 is 0. The van der Waals surface area contributed by atoms with Gasteiger partial charge in [-0.3, -0.25) is 4.79 Å². The van der Waals surface area contributed by atoms with Gasteiger partial charge in [0, 0.05) is 11.6 Å². The largest absolute Gasteiger partial charge is 0.348 e. The van der Waals surface area contributed by atoms with E-state index >= 15 is 0 Å². The van der Waals surface area contributed by atoms with Crippen LogP contribution in [0.4, 0.5) is 0 Å². The highest BCUT2D eigenvalue weighted by atomic mass is 16.2. The number of carbonyl (C=O) groups is 1. The van der Waals surface area contributed by atoms with Crippen molar-refractivity contribution in [2.45, 2.75) is 75.9 Å². The SMILES string of the molecule is O=C(NC1CC1)[C@H]([NH2+]C1CCCCCCC1)c1ccccc1. The van der Waals surface area contributed by atoms with Crippen LogP contribution in [0.2, 0.25) is 0 Å². The minimum absolute atomic E-state index is 0.0776. The van der Waals surface area contributed by atoms with E-state index < -0.39 is 0 Å². The van der Waals surface area contributed by atoms with Gasteiger partial charge in [-0.05, 0) is 38.5 Å². The molecule has 22 heavy (non-hydrogen) atoms. The molecule has 0 saturated heterocycles. The number of amides is 1. The van der Waals surface area contributed by atoms with Crippen LogP contribution in [0.25, 0.3) is 0 Å². The van der Waals surface area contributed by atoms with Crippen molar-refractivity contribution in [2.75, 3.05) is 0 Å². The van der Waals surface area contributed by atoms with Crippen molar-refractivity contribution < 1.29 is 10.1 Å². The molecule has 0 aliphatic heterocycles. The standard InChI is InChI=1S/C19H28N2O/c22-19(21-17-13-14-17)18(15-9-5-4-6-10-15)20-16-11-7-2-1-3-8-12-16/h4-6,9-10,16-18,20H,1-3,7-8,11-14H2,(H,21,22)/p+1/t18-/m1/s1. The molecule has 120 valence electrons. The maximum atomic E-state index is 12.7. The Hall–Kier alpha value is -1.35. The molecule has 3 nitrogen and oxygen atoms in total. The normalized spacial score (nSPS) is 21.6. The Kier molecular flexibility index (Phi) is 5.49. The minimum Gasteiger partial charge on any atom is -0.348 e. The highest BCUT2D eigenvalue weighted by Gasteiger charge is 2.32. The summed E-state index contributed by atoms with van der Waals surface area (Å²) in [5.74, 6) is 0.204. The first-order valence-electron chi connectivity index (χ1n) is 9.03. The van der Waals surface area contributed by atoms with Gasteiger partial charge in [0.2, 0.25) is 0 Å². The van der Waals surface area contributed by atoms with E-state index in [0.29, 0.717) is 12.1 Å². The zero-order chi connectivity index (χ0) is 15.2. The predicted molar refractivity (Wildman–Crippen MR) is 88.4 cm³/mol. The van der Waals surface area contributed by atoms with Gasteiger partial charge in [-0.2, -0.15) is 0 Å². The van der Waals surface area contributed by atoms with Gasteiger partial charge in [0.1, 0.15) is 0 Å². The van der Waals surface area contributed by atoms with Gasteiger partial charge in [-0.1, -0.05) is 49.6 Å². The average molecular weight is 301 g/mol. The fourth-order valence-electron chi connectivity index (χ4n) is 3.48. The van der Waals surface area contributed by atoms with Crippen molar-refractivity contribution in [1.29, 1.82) is 0 Å². The number of hydrogen-bond acceptors (Lipinski definition) is 1. The number of hydrogen-bond donors (Lipinski definition) is 2. The summed E-state index contributed by atoms with van der Waals surface area (Å²) in [6.07, 6.45) is 11.5. The number of rotatable bonds is 5. The average Bonchev–Trinajstić information content (AvgIpc) is 3.31. The minimum atomic E-state index is -0.0776. The number of carbonyl (C=O) groups excluding carboxylic acids is 1. The number of nitrogens with two attached hydrogens (primary N) is 1. The fraction of sp³-hybridized carbons (Fsp3) is 0.632. The van der Waals surface area contributed by atoms with Gasteiger partial charge in [0.25, 0.3) is 5.91 Å². The second-order valence-corrected chi connectivity index (χ2v) is 6.97. The van der Waals surface area contributed by atoms with Gasteiger partial charge < -0.3 is 10.6 Å². The second kappa shape index (κ2) is 7.77. The van der Waals surface area contributed by atoms with E-state index in [1.54, 1.807) is 0 Å². The van der Waals surface area contributed by atoms with E-state index in [1.165, 1.54) is 44.9 Å². The van der Waals surface area contributed by atoms with Crippen LogP contribution < -0.4 is 10.6 Å². The highest BCUT2D eigenvalue weighted by Crippen LogP contribution is 2.21. The first kappa shape index (κ1) is 15.5. The summed E-state index contributed by atoms with van der Waals surface area (Å²) in [4.78, 5) is 12.7. The van der Waals surface area contributed by atoms with Crippen LogP contribution in [0.1, 0.15) is 69.4 Å². The Morgan fingerprint density at radius 1 is 0.955 bits per heavy atom. The first-order chi connectivity index (χ1) is 10.8. The summed E-state index contributed by atoms with van der Waals surface area (Å²) >= 11 is 0. The molecule has 3 heteroatoms. The molecule has 2 aliphatic carbocycles. The zero-order valence-corrected chi connectivity index (χ0v) is 13.5. The van der Waals surface area contributed by atoms with Gasteiger partial charge in [0.15, 0.2) is 6.04 Å². The molecule has 3 rings (SSSR count). The van der Waals surface area contributed by atoms with Crippen molar-refractivity contribution in [3.05, 3.63) is 35.9 Å². The van der Waals surface area contributed by atoms with Crippen LogP contribution in [-0.4, -0.2) is 18.0 Å². The van der Waals surface area contributed by atoms with Crippen LogP contribution in [0.5, 0.6) is 0 Å². The summed E-state index contributed by atoms with van der Waals surface area (Å²) in [7, 11) is 0. The van der Waals surface area contributed by atoms with E-state index in [-0.39, 0.29) is 11.9 Å². The van der Waals surface area contributed by atoms with Crippen LogP contribution in [0.15, 0.2) is 30.3 Å². The third kappa shape index (κ3) is 4.57. The molecule has 0 spiro atoms. The molecule has 1 amide bonds. The molecule has 1 aromatic carbocycles. The van der Waals surface area contributed by atoms with Crippen molar-refractivity contribution in [3.8, 4) is 0 Å². The zero-order valence-electron chi connectivity index (χ0n) is 13.5. The quantitative estimate of drug-likeness (QED) is 0.863. The van der Waals surface area contributed by atoms with Gasteiger partial charge >= 0.3 is 0 Å². The maximum absolute atomic E-state index is 12.7. The van der Waals surface area contributed by atoms with Crippen molar-refractivity contribution >= 4 is 5.91 Å². The molecule has 3 N–H and O–H groups in total. The highest BCUT2D eigenvalue weighted by molar-refractivity contribution is 5.82. The van der Waals surface area contributed by atoms with E-state index in [0.717, 1.165) is 18.4 Å². The Morgan fingerprint density at radius 3 is 2.23 bits per heavy atom. The van der Waals surface area contributed by atoms with Crippen molar-refractivity contribution in [2.24, 2.45) is 0 Å². The van der Waals surface area contributed by atoms with Gasteiger partial charge in [-0.15, -0.1) is 0 Å². The predicted octanol–water partition coefficient (Wildman–Crippen LogP) is 2.68. The maximum Gasteiger partial charge on any atom is 0.283 e. The third-order valence-corrected chi connectivity index (χ3v) is 4.98.